The molecule has 0 unspecified atom stereocenters. The summed E-state index contributed by atoms with van der Waals surface area (Å²) in [6.45, 7) is 2.99. The minimum absolute atomic E-state index is 0.210. The number of rotatable bonds is 3. The Kier molecular flexibility index (Phi) is 4.19. The van der Waals surface area contributed by atoms with Crippen LogP contribution >= 0.6 is 15.9 Å². The van der Waals surface area contributed by atoms with Crippen LogP contribution in [0, 0.1) is 0 Å². The normalized spacial score (nSPS) is 16.4. The van der Waals surface area contributed by atoms with E-state index < -0.39 is 17.7 Å². The first-order chi connectivity index (χ1) is 11.3. The molecule has 3 rings (SSSR count). The molecular weight excluding hydrogens is 378 g/mol. The van der Waals surface area contributed by atoms with Gasteiger partial charge in [0.2, 0.25) is 0 Å². The van der Waals surface area contributed by atoms with Crippen LogP contribution < -0.4 is 5.32 Å². The maximum Gasteiger partial charge on any atom is 0.348 e. The third-order valence-corrected chi connectivity index (χ3v) is 3.62. The molecule has 1 aliphatic heterocycles. The third kappa shape index (κ3) is 3.68. The summed E-state index contributed by atoms with van der Waals surface area (Å²) in [6.07, 6.45) is 1.30. The van der Waals surface area contributed by atoms with Gasteiger partial charge in [0.05, 0.1) is 0 Å². The lowest BCUT2D eigenvalue weighted by molar-refractivity contribution is -0.222. The average molecular weight is 392 g/mol. The van der Waals surface area contributed by atoms with Crippen LogP contribution in [0.3, 0.4) is 0 Å². The lowest BCUT2D eigenvalue weighted by Gasteiger charge is -2.29. The molecule has 2 aromatic rings. The van der Waals surface area contributed by atoms with Crippen molar-refractivity contribution >= 4 is 45.5 Å². The molecule has 1 saturated heterocycles. The summed E-state index contributed by atoms with van der Waals surface area (Å²) in [5, 5.41) is 3.08. The topological polar surface area (TPSA) is 77.8 Å². The zero-order chi connectivity index (χ0) is 17.3. The molecular formula is C17H14BrNO5. The molecule has 1 aromatic carbocycles. The van der Waals surface area contributed by atoms with Gasteiger partial charge in [0.25, 0.3) is 5.79 Å². The molecule has 1 aromatic heterocycles. The highest BCUT2D eigenvalue weighted by molar-refractivity contribution is 9.10. The summed E-state index contributed by atoms with van der Waals surface area (Å²) in [5.41, 5.74) is 0.619. The molecule has 1 fully saturated rings. The first kappa shape index (κ1) is 16.3. The van der Waals surface area contributed by atoms with E-state index >= 15 is 0 Å². The van der Waals surface area contributed by atoms with E-state index in [4.69, 9.17) is 13.9 Å². The summed E-state index contributed by atoms with van der Waals surface area (Å²) in [4.78, 5) is 23.8. The van der Waals surface area contributed by atoms with Crippen LogP contribution in [-0.2, 0) is 19.1 Å². The van der Waals surface area contributed by atoms with Gasteiger partial charge in [0, 0.05) is 36.1 Å². The molecule has 124 valence electrons. The fourth-order valence-electron chi connectivity index (χ4n) is 2.13. The summed E-state index contributed by atoms with van der Waals surface area (Å²) in [6, 6.07) is 10.9. The Morgan fingerprint density at radius 2 is 1.79 bits per heavy atom. The average Bonchev–Trinajstić information content (AvgIpc) is 2.89. The predicted octanol–water partition coefficient (Wildman–Crippen LogP) is 4.01. The van der Waals surface area contributed by atoms with Gasteiger partial charge in [-0.1, -0.05) is 22.0 Å². The van der Waals surface area contributed by atoms with Crippen molar-refractivity contribution in [2.24, 2.45) is 0 Å². The fourth-order valence-corrected chi connectivity index (χ4v) is 2.53. The number of esters is 2. The van der Waals surface area contributed by atoms with Crippen LogP contribution in [0.5, 0.6) is 0 Å². The number of benzene rings is 1. The van der Waals surface area contributed by atoms with Crippen molar-refractivity contribution < 1.29 is 23.5 Å². The van der Waals surface area contributed by atoms with Crippen LogP contribution in [0.2, 0.25) is 0 Å². The molecule has 0 spiro atoms. The second-order valence-corrected chi connectivity index (χ2v) is 6.49. The molecule has 0 atom stereocenters. The van der Waals surface area contributed by atoms with Crippen molar-refractivity contribution in [3.05, 3.63) is 52.2 Å². The van der Waals surface area contributed by atoms with Gasteiger partial charge in [0.15, 0.2) is 5.88 Å². The van der Waals surface area contributed by atoms with Crippen molar-refractivity contribution in [3.8, 4) is 0 Å². The van der Waals surface area contributed by atoms with Gasteiger partial charge in [-0.15, -0.1) is 0 Å². The van der Waals surface area contributed by atoms with Crippen molar-refractivity contribution in [1.82, 2.24) is 0 Å². The van der Waals surface area contributed by atoms with Crippen molar-refractivity contribution in [1.29, 1.82) is 0 Å². The standard InChI is InChI=1S/C17H14BrNO5/c1-17(2)23-15(20)13(16(21)24-17)9-12-6-7-14(22-12)19-11-5-3-4-10(18)8-11/h3-9,19H,1-2H3. The number of nitrogens with one attached hydrogen (secondary N) is 1. The number of hydrogen-bond donors (Lipinski definition) is 1. The second-order valence-electron chi connectivity index (χ2n) is 5.57. The number of ether oxygens (including phenoxy) is 2. The van der Waals surface area contributed by atoms with Crippen molar-refractivity contribution in [3.63, 3.8) is 0 Å². The van der Waals surface area contributed by atoms with Gasteiger partial charge < -0.3 is 19.2 Å². The monoisotopic (exact) mass is 391 g/mol. The summed E-state index contributed by atoms with van der Waals surface area (Å²) in [7, 11) is 0. The highest BCUT2D eigenvalue weighted by Crippen LogP contribution is 2.26. The van der Waals surface area contributed by atoms with E-state index in [1.54, 1.807) is 12.1 Å². The molecule has 6 nitrogen and oxygen atoms in total. The Morgan fingerprint density at radius 1 is 1.08 bits per heavy atom. The van der Waals surface area contributed by atoms with E-state index in [1.165, 1.54) is 19.9 Å². The molecule has 2 heterocycles. The van der Waals surface area contributed by atoms with Crippen molar-refractivity contribution in [2.75, 3.05) is 5.32 Å². The number of halogens is 1. The molecule has 0 radical (unpaired) electrons. The van der Waals surface area contributed by atoms with Crippen LogP contribution in [0.15, 0.2) is 50.9 Å². The van der Waals surface area contributed by atoms with Crippen molar-refractivity contribution in [2.45, 2.75) is 19.6 Å². The predicted molar refractivity (Wildman–Crippen MR) is 90.4 cm³/mol. The molecule has 0 saturated carbocycles. The van der Waals surface area contributed by atoms with Crippen LogP contribution in [0.25, 0.3) is 6.08 Å². The van der Waals surface area contributed by atoms with Crippen LogP contribution in [0.4, 0.5) is 11.6 Å². The van der Waals surface area contributed by atoms with E-state index in [0.717, 1.165) is 10.2 Å². The van der Waals surface area contributed by atoms with Crippen LogP contribution in [-0.4, -0.2) is 17.7 Å². The highest BCUT2D eigenvalue weighted by Gasteiger charge is 2.39. The maximum absolute atomic E-state index is 11.9. The minimum Gasteiger partial charge on any atom is -0.441 e. The van der Waals surface area contributed by atoms with E-state index in [2.05, 4.69) is 21.2 Å². The summed E-state index contributed by atoms with van der Waals surface area (Å²) >= 11 is 3.39. The Bertz CT molecular complexity index is 815. The maximum atomic E-state index is 11.9. The zero-order valence-corrected chi connectivity index (χ0v) is 14.5. The lowest BCUT2D eigenvalue weighted by atomic mass is 10.2. The molecule has 1 aliphatic rings. The molecule has 7 heteroatoms. The Labute approximate surface area is 146 Å². The smallest absolute Gasteiger partial charge is 0.348 e. The van der Waals surface area contributed by atoms with E-state index in [0.29, 0.717) is 11.6 Å². The largest absolute Gasteiger partial charge is 0.441 e. The number of anilines is 2. The molecule has 0 bridgehead atoms. The quantitative estimate of drug-likeness (QED) is 0.483. The minimum atomic E-state index is -1.26. The molecule has 24 heavy (non-hydrogen) atoms. The van der Waals surface area contributed by atoms with Gasteiger partial charge in [-0.25, -0.2) is 9.59 Å². The molecule has 0 aliphatic carbocycles. The highest BCUT2D eigenvalue weighted by atomic mass is 79.9. The van der Waals surface area contributed by atoms with Crippen LogP contribution in [0.1, 0.15) is 19.6 Å². The number of cyclic esters (lactones) is 2. The number of carbonyl (C=O) groups excluding carboxylic acids is 2. The molecule has 1 N–H and O–H groups in total. The third-order valence-electron chi connectivity index (χ3n) is 3.12. The first-order valence-electron chi connectivity index (χ1n) is 7.13. The number of furan rings is 1. The number of hydrogen-bond acceptors (Lipinski definition) is 6. The van der Waals surface area contributed by atoms with E-state index in [1.807, 2.05) is 24.3 Å². The summed E-state index contributed by atoms with van der Waals surface area (Å²) in [5.74, 6) is -1.94. The Morgan fingerprint density at radius 3 is 2.46 bits per heavy atom. The molecule has 0 amide bonds. The lowest BCUT2D eigenvalue weighted by Crippen LogP contribution is -2.41. The SMILES string of the molecule is CC1(C)OC(=O)C(=Cc2ccc(Nc3cccc(Br)c3)o2)C(=O)O1. The Balaban J connectivity index is 1.78. The van der Waals surface area contributed by atoms with Gasteiger partial charge >= 0.3 is 11.9 Å². The second kappa shape index (κ2) is 6.16. The number of carbonyl (C=O) groups is 2. The first-order valence-corrected chi connectivity index (χ1v) is 7.92. The van der Waals surface area contributed by atoms with E-state index in [9.17, 15) is 9.59 Å². The van der Waals surface area contributed by atoms with Gasteiger partial charge in [-0.3, -0.25) is 0 Å². The van der Waals surface area contributed by atoms with Gasteiger partial charge in [-0.2, -0.15) is 0 Å². The zero-order valence-electron chi connectivity index (χ0n) is 13.0. The summed E-state index contributed by atoms with van der Waals surface area (Å²) < 4.78 is 16.6. The van der Waals surface area contributed by atoms with Gasteiger partial charge in [0.1, 0.15) is 11.3 Å². The van der Waals surface area contributed by atoms with E-state index in [-0.39, 0.29) is 5.57 Å². The van der Waals surface area contributed by atoms with Gasteiger partial charge in [-0.05, 0) is 24.3 Å². The fraction of sp³-hybridized carbons (Fsp3) is 0.176. The Hall–Kier alpha value is -2.54.